The van der Waals surface area contributed by atoms with Gasteiger partial charge in [-0.05, 0) is 86.3 Å². The van der Waals surface area contributed by atoms with Gasteiger partial charge in [0.2, 0.25) is 5.88 Å². The summed E-state index contributed by atoms with van der Waals surface area (Å²) in [5.74, 6) is -0.991. The predicted octanol–water partition coefficient (Wildman–Crippen LogP) is 5.96. The molecule has 0 spiro atoms. The van der Waals surface area contributed by atoms with Crippen LogP contribution in [0, 0.1) is 18.8 Å². The molecule has 9 nitrogen and oxygen atoms in total. The average Bonchev–Trinajstić information content (AvgIpc) is 3.83. The minimum absolute atomic E-state index is 0.0395. The van der Waals surface area contributed by atoms with E-state index in [0.717, 1.165) is 18.4 Å². The van der Waals surface area contributed by atoms with Crippen LogP contribution in [0.25, 0.3) is 0 Å². The van der Waals surface area contributed by atoms with Gasteiger partial charge in [0, 0.05) is 37.1 Å². The number of hydrogen-bond acceptors (Lipinski definition) is 7. The van der Waals surface area contributed by atoms with Gasteiger partial charge in [0.25, 0.3) is 5.91 Å². The molecule has 12 heteroatoms. The van der Waals surface area contributed by atoms with Crippen LogP contribution in [0.3, 0.4) is 0 Å². The van der Waals surface area contributed by atoms with Gasteiger partial charge in [-0.2, -0.15) is 13.2 Å². The zero-order valence-electron chi connectivity index (χ0n) is 24.3. The van der Waals surface area contributed by atoms with E-state index in [1.807, 2.05) is 17.0 Å². The lowest BCUT2D eigenvalue weighted by atomic mass is 9.92. The van der Waals surface area contributed by atoms with Crippen molar-refractivity contribution in [2.24, 2.45) is 11.8 Å². The van der Waals surface area contributed by atoms with Crippen molar-refractivity contribution in [3.63, 3.8) is 0 Å². The zero-order chi connectivity index (χ0) is 31.4. The third kappa shape index (κ3) is 7.97. The summed E-state index contributed by atoms with van der Waals surface area (Å²) in [5.41, 5.74) is 1.78. The van der Waals surface area contributed by atoms with Gasteiger partial charge in [0.15, 0.2) is 0 Å². The molecule has 1 atom stereocenters. The van der Waals surface area contributed by atoms with Crippen molar-refractivity contribution in [3.8, 4) is 11.6 Å². The lowest BCUT2D eigenvalue weighted by molar-refractivity contribution is -0.137. The van der Waals surface area contributed by atoms with Crippen LogP contribution in [0.2, 0.25) is 0 Å². The predicted molar refractivity (Wildman–Crippen MR) is 157 cm³/mol. The summed E-state index contributed by atoms with van der Waals surface area (Å²) in [6.07, 6.45) is 0.451. The number of aliphatic carboxylic acids is 1. The van der Waals surface area contributed by atoms with Crippen molar-refractivity contribution in [1.82, 2.24) is 9.97 Å². The Morgan fingerprint density at radius 2 is 1.84 bits per heavy atom. The molecule has 2 N–H and O–H groups in total. The molecule has 1 saturated carbocycles. The van der Waals surface area contributed by atoms with Crippen LogP contribution in [0.4, 0.5) is 24.7 Å². The number of rotatable bonds is 11. The van der Waals surface area contributed by atoms with Crippen LogP contribution in [-0.2, 0) is 4.79 Å². The van der Waals surface area contributed by atoms with Gasteiger partial charge in [-0.25, -0.2) is 9.97 Å². The Morgan fingerprint density at radius 1 is 1.09 bits per heavy atom. The molecule has 1 aliphatic carbocycles. The van der Waals surface area contributed by atoms with E-state index in [2.05, 4.69) is 9.97 Å². The highest BCUT2D eigenvalue weighted by atomic mass is 19.4. The number of phenolic OH excluding ortho intramolecular Hbond substituents is 1. The summed E-state index contributed by atoms with van der Waals surface area (Å²) in [4.78, 5) is 36.0. The smallest absolute Gasteiger partial charge is 0.406 e. The number of halogens is 3. The van der Waals surface area contributed by atoms with E-state index in [1.54, 1.807) is 25.3 Å². The fourth-order valence-corrected chi connectivity index (χ4v) is 5.74. The van der Waals surface area contributed by atoms with E-state index in [1.165, 1.54) is 24.3 Å². The summed E-state index contributed by atoms with van der Waals surface area (Å²) in [7, 11) is 0. The number of aromatic nitrogens is 2. The Labute approximate surface area is 253 Å². The van der Waals surface area contributed by atoms with Gasteiger partial charge < -0.3 is 19.8 Å². The third-order valence-electron chi connectivity index (χ3n) is 8.14. The van der Waals surface area contributed by atoms with Crippen LogP contribution in [0.5, 0.6) is 11.6 Å². The standard InChI is InChI=1S/C32H35F3N4O5/c1-20-3-2-4-28(37-20)39(19-32(33,34)35)31(43)25-8-7-24(40)16-27(25)38-13-10-21(11-14-38)18-44-29-15-23(9-12-36-29)26(17-30(41)42)22-5-6-22/h2-4,7-9,12,15-16,21-22,26,40H,5-6,10-11,13-14,17-19H2,1H3,(H,41,42). The minimum atomic E-state index is -4.65. The average molecular weight is 613 g/mol. The number of carbonyl (C=O) groups is 2. The maximum absolute atomic E-state index is 13.6. The molecule has 2 aliphatic rings. The quantitative estimate of drug-likeness (QED) is 0.273. The number of phenols is 1. The summed E-state index contributed by atoms with van der Waals surface area (Å²) in [6.45, 7) is 1.51. The highest BCUT2D eigenvalue weighted by Crippen LogP contribution is 2.45. The second kappa shape index (κ2) is 13.1. The highest BCUT2D eigenvalue weighted by Gasteiger charge is 2.37. The molecule has 2 fully saturated rings. The Balaban J connectivity index is 1.26. The topological polar surface area (TPSA) is 116 Å². The Hall–Kier alpha value is -4.35. The molecular weight excluding hydrogens is 577 g/mol. The van der Waals surface area contributed by atoms with E-state index < -0.39 is 24.6 Å². The number of carboxylic acid groups (broad SMARTS) is 1. The van der Waals surface area contributed by atoms with E-state index in [-0.39, 0.29) is 35.4 Å². The number of pyridine rings is 2. The number of nitrogens with zero attached hydrogens (tertiary/aromatic N) is 4. The second-order valence-corrected chi connectivity index (χ2v) is 11.6. The molecule has 234 valence electrons. The monoisotopic (exact) mass is 612 g/mol. The Kier molecular flexibility index (Phi) is 9.26. The van der Waals surface area contributed by atoms with Gasteiger partial charge in [0.1, 0.15) is 18.1 Å². The summed E-state index contributed by atoms with van der Waals surface area (Å²) < 4.78 is 46.7. The Morgan fingerprint density at radius 3 is 2.50 bits per heavy atom. The van der Waals surface area contributed by atoms with Gasteiger partial charge in [-0.15, -0.1) is 0 Å². The van der Waals surface area contributed by atoms with Crippen LogP contribution in [-0.4, -0.2) is 64.5 Å². The van der Waals surface area contributed by atoms with Gasteiger partial charge in [-0.1, -0.05) is 6.07 Å². The summed E-state index contributed by atoms with van der Waals surface area (Å²) in [6, 6.07) is 12.3. The lowest BCUT2D eigenvalue weighted by Gasteiger charge is -2.35. The lowest BCUT2D eigenvalue weighted by Crippen LogP contribution is -2.41. The van der Waals surface area contributed by atoms with Gasteiger partial charge in [-0.3, -0.25) is 14.5 Å². The van der Waals surface area contributed by atoms with Crippen molar-refractivity contribution in [2.75, 3.05) is 36.0 Å². The highest BCUT2D eigenvalue weighted by molar-refractivity contribution is 6.09. The van der Waals surface area contributed by atoms with Crippen molar-refractivity contribution < 1.29 is 37.7 Å². The number of ether oxygens (including phenoxy) is 1. The van der Waals surface area contributed by atoms with Crippen LogP contribution < -0.4 is 14.5 Å². The molecule has 1 aromatic carbocycles. The summed E-state index contributed by atoms with van der Waals surface area (Å²) >= 11 is 0. The molecule has 1 aliphatic heterocycles. The zero-order valence-corrected chi connectivity index (χ0v) is 24.3. The molecule has 1 unspecified atom stereocenters. The molecule has 5 rings (SSSR count). The Bertz CT molecular complexity index is 1490. The van der Waals surface area contributed by atoms with E-state index >= 15 is 0 Å². The SMILES string of the molecule is Cc1cccc(N(CC(F)(F)F)C(=O)c2ccc(O)cc2N2CCC(COc3cc(C(CC(=O)O)C4CC4)ccn3)CC2)n1. The number of aryl methyl sites for hydroxylation is 1. The number of hydrogen-bond donors (Lipinski definition) is 2. The molecule has 0 radical (unpaired) electrons. The van der Waals surface area contributed by atoms with E-state index in [4.69, 9.17) is 4.74 Å². The molecular formula is C32H35F3N4O5. The molecule has 3 aromatic rings. The van der Waals surface area contributed by atoms with Crippen LogP contribution in [0.1, 0.15) is 59.6 Å². The van der Waals surface area contributed by atoms with E-state index in [9.17, 15) is 33.0 Å². The van der Waals surface area contributed by atoms with Gasteiger partial charge >= 0.3 is 12.1 Å². The molecule has 1 amide bonds. The molecule has 2 aromatic heterocycles. The largest absolute Gasteiger partial charge is 0.508 e. The molecule has 1 saturated heterocycles. The normalized spacial score (nSPS) is 16.4. The molecule has 44 heavy (non-hydrogen) atoms. The van der Waals surface area contributed by atoms with Crippen LogP contribution >= 0.6 is 0 Å². The van der Waals surface area contributed by atoms with Crippen LogP contribution in [0.15, 0.2) is 54.7 Å². The first-order chi connectivity index (χ1) is 21.0. The first kappa shape index (κ1) is 31.1. The second-order valence-electron chi connectivity index (χ2n) is 11.6. The van der Waals surface area contributed by atoms with Gasteiger partial charge in [0.05, 0.1) is 24.3 Å². The first-order valence-electron chi connectivity index (χ1n) is 14.7. The number of carboxylic acids is 1. The number of aromatic hydroxyl groups is 1. The van der Waals surface area contributed by atoms with Crippen molar-refractivity contribution in [2.45, 2.75) is 51.1 Å². The van der Waals surface area contributed by atoms with Crippen molar-refractivity contribution >= 4 is 23.4 Å². The minimum Gasteiger partial charge on any atom is -0.508 e. The number of carbonyl (C=O) groups excluding carboxylic acids is 1. The number of alkyl halides is 3. The van der Waals surface area contributed by atoms with E-state index in [0.29, 0.717) is 60.6 Å². The number of benzene rings is 1. The van der Waals surface area contributed by atoms with Crippen molar-refractivity contribution in [3.05, 3.63) is 71.5 Å². The number of amides is 1. The fourth-order valence-electron chi connectivity index (χ4n) is 5.74. The van der Waals surface area contributed by atoms with Crippen molar-refractivity contribution in [1.29, 1.82) is 0 Å². The molecule has 0 bridgehead atoms. The number of anilines is 2. The first-order valence-corrected chi connectivity index (χ1v) is 14.7. The fraction of sp³-hybridized carbons (Fsp3) is 0.438. The molecule has 3 heterocycles. The summed E-state index contributed by atoms with van der Waals surface area (Å²) in [5, 5.41) is 19.6. The third-order valence-corrected chi connectivity index (χ3v) is 8.14. The number of piperidine rings is 1. The maximum Gasteiger partial charge on any atom is 0.406 e. The maximum atomic E-state index is 13.6.